The molecule has 1 aromatic heterocycles. The van der Waals surface area contributed by atoms with Crippen molar-refractivity contribution in [2.45, 2.75) is 19.3 Å². The smallest absolute Gasteiger partial charge is 0.160 e. The lowest BCUT2D eigenvalue weighted by Gasteiger charge is -2.21. The minimum atomic E-state index is 0.000522. The van der Waals surface area contributed by atoms with Crippen molar-refractivity contribution in [1.29, 1.82) is 0 Å². The van der Waals surface area contributed by atoms with E-state index >= 15 is 0 Å². The van der Waals surface area contributed by atoms with E-state index in [0.29, 0.717) is 0 Å². The normalized spacial score (nSPS) is 13.4. The molecule has 2 nitrogen and oxygen atoms in total. The first-order valence-corrected chi connectivity index (χ1v) is 11.4. The van der Waals surface area contributed by atoms with Gasteiger partial charge in [0.1, 0.15) is 0 Å². The largest absolute Gasteiger partial charge is 0.228 e. The number of nitrogens with zero attached hydrogens (tertiary/aromatic N) is 2. The molecule has 0 saturated heterocycles. The predicted molar refractivity (Wildman–Crippen MR) is 136 cm³/mol. The minimum absolute atomic E-state index is 0.000522. The number of hydrogen-bond donors (Lipinski definition) is 0. The molecule has 1 aliphatic rings. The molecule has 0 aliphatic heterocycles. The van der Waals surface area contributed by atoms with E-state index in [1.165, 1.54) is 22.3 Å². The molecule has 0 N–H and O–H groups in total. The van der Waals surface area contributed by atoms with Crippen LogP contribution in [0.25, 0.3) is 45.0 Å². The highest BCUT2D eigenvalue weighted by Gasteiger charge is 2.35. The van der Waals surface area contributed by atoms with E-state index in [2.05, 4.69) is 86.6 Å². The highest BCUT2D eigenvalue weighted by molar-refractivity contribution is 5.84. The molecule has 0 atom stereocenters. The summed E-state index contributed by atoms with van der Waals surface area (Å²) in [5.41, 5.74) is 10.5. The molecule has 4 aromatic carbocycles. The first-order chi connectivity index (χ1) is 16.1. The molecule has 158 valence electrons. The lowest BCUT2D eigenvalue weighted by molar-refractivity contribution is 0.660. The molecule has 0 fully saturated rings. The Kier molecular flexibility index (Phi) is 4.48. The van der Waals surface area contributed by atoms with E-state index in [9.17, 15) is 0 Å². The van der Waals surface area contributed by atoms with Crippen molar-refractivity contribution in [3.05, 3.63) is 120 Å². The summed E-state index contributed by atoms with van der Waals surface area (Å²) in [6.07, 6.45) is 0. The summed E-state index contributed by atoms with van der Waals surface area (Å²) in [6, 6.07) is 38.2. The third kappa shape index (κ3) is 3.27. The van der Waals surface area contributed by atoms with Gasteiger partial charge in [0.25, 0.3) is 0 Å². The monoisotopic (exact) mass is 424 g/mol. The molecule has 0 amide bonds. The highest BCUT2D eigenvalue weighted by atomic mass is 14.9. The van der Waals surface area contributed by atoms with Crippen LogP contribution in [0.1, 0.15) is 25.0 Å². The average Bonchev–Trinajstić information content (AvgIpc) is 3.11. The van der Waals surface area contributed by atoms with Crippen LogP contribution in [0.3, 0.4) is 0 Å². The van der Waals surface area contributed by atoms with Gasteiger partial charge in [-0.05, 0) is 34.4 Å². The molecule has 33 heavy (non-hydrogen) atoms. The first kappa shape index (κ1) is 19.6. The second-order valence-corrected chi connectivity index (χ2v) is 9.13. The fraction of sp³-hybridized carbons (Fsp3) is 0.0968. The number of fused-ring (bicyclic) bond motifs is 3. The molecule has 0 saturated carbocycles. The number of benzene rings is 4. The van der Waals surface area contributed by atoms with Gasteiger partial charge >= 0.3 is 0 Å². The zero-order valence-corrected chi connectivity index (χ0v) is 18.8. The van der Waals surface area contributed by atoms with Crippen LogP contribution in [0.4, 0.5) is 0 Å². The van der Waals surface area contributed by atoms with Crippen molar-refractivity contribution in [3.63, 3.8) is 0 Å². The molecule has 0 spiro atoms. The van der Waals surface area contributed by atoms with Gasteiger partial charge in [-0.2, -0.15) is 0 Å². The van der Waals surface area contributed by atoms with E-state index in [0.717, 1.165) is 33.9 Å². The quantitative estimate of drug-likeness (QED) is 0.295. The predicted octanol–water partition coefficient (Wildman–Crippen LogP) is 7.78. The van der Waals surface area contributed by atoms with Crippen LogP contribution in [-0.4, -0.2) is 9.97 Å². The van der Waals surface area contributed by atoms with Crippen LogP contribution in [0.5, 0.6) is 0 Å². The Balaban J connectivity index is 1.55. The molecular weight excluding hydrogens is 400 g/mol. The molecule has 0 radical (unpaired) electrons. The van der Waals surface area contributed by atoms with E-state index in [1.807, 2.05) is 36.4 Å². The van der Waals surface area contributed by atoms with Gasteiger partial charge in [0.15, 0.2) is 5.82 Å². The van der Waals surface area contributed by atoms with Crippen molar-refractivity contribution in [2.24, 2.45) is 0 Å². The van der Waals surface area contributed by atoms with E-state index in [-0.39, 0.29) is 5.41 Å². The Bertz CT molecular complexity index is 1410. The minimum Gasteiger partial charge on any atom is -0.228 e. The topological polar surface area (TPSA) is 25.8 Å². The lowest BCUT2D eigenvalue weighted by Crippen LogP contribution is -2.14. The molecule has 1 aliphatic carbocycles. The van der Waals surface area contributed by atoms with Crippen LogP contribution in [-0.2, 0) is 5.41 Å². The van der Waals surface area contributed by atoms with Gasteiger partial charge in [0, 0.05) is 22.1 Å². The highest BCUT2D eigenvalue weighted by Crippen LogP contribution is 2.49. The summed E-state index contributed by atoms with van der Waals surface area (Å²) >= 11 is 0. The van der Waals surface area contributed by atoms with Crippen LogP contribution < -0.4 is 0 Å². The van der Waals surface area contributed by atoms with Crippen molar-refractivity contribution < 1.29 is 0 Å². The standard InChI is InChI=1S/C31H24N2/c1-31(2)26-16-10-9-15-24(26)25-19-23(17-18-27(25)31)29-20-28(21-11-5-3-6-12-21)32-30(33-29)22-13-7-4-8-14-22/h3-20H,1-2H3. The lowest BCUT2D eigenvalue weighted by atomic mass is 9.82. The van der Waals surface area contributed by atoms with Crippen molar-refractivity contribution in [3.8, 4) is 45.0 Å². The van der Waals surface area contributed by atoms with Gasteiger partial charge in [0.05, 0.1) is 11.4 Å². The van der Waals surface area contributed by atoms with Crippen LogP contribution in [0.15, 0.2) is 109 Å². The van der Waals surface area contributed by atoms with E-state index in [4.69, 9.17) is 9.97 Å². The SMILES string of the molecule is CC1(C)c2ccccc2-c2cc(-c3cc(-c4ccccc4)nc(-c4ccccc4)n3)ccc21. The fourth-order valence-corrected chi connectivity index (χ4v) is 4.95. The Morgan fingerprint density at radius 3 is 1.79 bits per heavy atom. The summed E-state index contributed by atoms with van der Waals surface area (Å²) < 4.78 is 0. The molecule has 2 heteroatoms. The molecule has 6 rings (SSSR count). The summed E-state index contributed by atoms with van der Waals surface area (Å²) in [5, 5.41) is 0. The summed E-state index contributed by atoms with van der Waals surface area (Å²) in [5.74, 6) is 0.744. The molecule has 1 heterocycles. The third-order valence-electron chi connectivity index (χ3n) is 6.71. The Labute approximate surface area is 194 Å². The molecule has 0 bridgehead atoms. The Hall–Kier alpha value is -4.04. The summed E-state index contributed by atoms with van der Waals surface area (Å²) in [7, 11) is 0. The van der Waals surface area contributed by atoms with Gasteiger partial charge in [-0.15, -0.1) is 0 Å². The zero-order valence-electron chi connectivity index (χ0n) is 18.8. The van der Waals surface area contributed by atoms with E-state index < -0.39 is 0 Å². The average molecular weight is 425 g/mol. The van der Waals surface area contributed by atoms with Crippen molar-refractivity contribution >= 4 is 0 Å². The van der Waals surface area contributed by atoms with Gasteiger partial charge < -0.3 is 0 Å². The van der Waals surface area contributed by atoms with Crippen molar-refractivity contribution in [1.82, 2.24) is 9.97 Å². The first-order valence-electron chi connectivity index (χ1n) is 11.4. The maximum atomic E-state index is 5.01. The molecule has 0 unspecified atom stereocenters. The van der Waals surface area contributed by atoms with Gasteiger partial charge in [-0.1, -0.05) is 111 Å². The maximum absolute atomic E-state index is 5.01. The second-order valence-electron chi connectivity index (χ2n) is 9.13. The van der Waals surface area contributed by atoms with Crippen molar-refractivity contribution in [2.75, 3.05) is 0 Å². The maximum Gasteiger partial charge on any atom is 0.160 e. The van der Waals surface area contributed by atoms with Gasteiger partial charge in [-0.25, -0.2) is 9.97 Å². The number of aromatic nitrogens is 2. The third-order valence-corrected chi connectivity index (χ3v) is 6.71. The fourth-order valence-electron chi connectivity index (χ4n) is 4.95. The van der Waals surface area contributed by atoms with Crippen LogP contribution >= 0.6 is 0 Å². The second kappa shape index (κ2) is 7.53. The number of hydrogen-bond acceptors (Lipinski definition) is 2. The summed E-state index contributed by atoms with van der Waals surface area (Å²) in [4.78, 5) is 9.93. The summed E-state index contributed by atoms with van der Waals surface area (Å²) in [6.45, 7) is 4.62. The zero-order chi connectivity index (χ0) is 22.4. The van der Waals surface area contributed by atoms with Crippen LogP contribution in [0, 0.1) is 0 Å². The van der Waals surface area contributed by atoms with Gasteiger partial charge in [-0.3, -0.25) is 0 Å². The molecule has 5 aromatic rings. The number of rotatable bonds is 3. The van der Waals surface area contributed by atoms with E-state index in [1.54, 1.807) is 0 Å². The molecular formula is C31H24N2. The van der Waals surface area contributed by atoms with Gasteiger partial charge in [0.2, 0.25) is 0 Å². The Morgan fingerprint density at radius 1 is 0.485 bits per heavy atom. The van der Waals surface area contributed by atoms with Crippen LogP contribution in [0.2, 0.25) is 0 Å². The Morgan fingerprint density at radius 2 is 1.06 bits per heavy atom.